The van der Waals surface area contributed by atoms with Gasteiger partial charge in [0.2, 0.25) is 0 Å². The number of halogens is 2. The zero-order valence-electron chi connectivity index (χ0n) is 9.11. The number of aryl methyl sites for hydroxylation is 1. The predicted octanol–water partition coefficient (Wildman–Crippen LogP) is 4.14. The minimum Gasteiger partial charge on any atom is -0.298 e. The summed E-state index contributed by atoms with van der Waals surface area (Å²) in [5, 5.41) is 4.36. The Hall–Kier alpha value is -0.840. The first-order valence-electron chi connectivity index (χ1n) is 5.13. The van der Waals surface area contributed by atoms with Gasteiger partial charge in [0.25, 0.3) is 0 Å². The second-order valence-electron chi connectivity index (χ2n) is 3.55. The molecule has 0 radical (unpaired) electrons. The molecule has 90 valence electrons. The lowest BCUT2D eigenvalue weighted by Crippen LogP contribution is -1.96. The van der Waals surface area contributed by atoms with Gasteiger partial charge in [-0.05, 0) is 12.5 Å². The first-order chi connectivity index (χ1) is 8.15. The van der Waals surface area contributed by atoms with E-state index in [1.807, 2.05) is 0 Å². The summed E-state index contributed by atoms with van der Waals surface area (Å²) in [4.78, 5) is 11.0. The van der Waals surface area contributed by atoms with E-state index in [-0.39, 0.29) is 0 Å². The number of hydrogen-bond acceptors (Lipinski definition) is 3. The van der Waals surface area contributed by atoms with Crippen LogP contribution >= 0.6 is 34.5 Å². The molecule has 2 aromatic rings. The average Bonchev–Trinajstić information content (AvgIpc) is 2.82. The minimum absolute atomic E-state index is 0.537. The Kier molecular flexibility index (Phi) is 3.86. The summed E-state index contributed by atoms with van der Waals surface area (Å²) in [6.45, 7) is 2.83. The summed E-state index contributed by atoms with van der Waals surface area (Å²) in [7, 11) is 0. The Morgan fingerprint density at radius 3 is 2.82 bits per heavy atom. The largest absolute Gasteiger partial charge is 0.298 e. The van der Waals surface area contributed by atoms with Crippen LogP contribution in [0.4, 0.5) is 0 Å². The number of nitrogens with zero attached hydrogens (tertiary/aromatic N) is 2. The minimum atomic E-state index is 0.537. The summed E-state index contributed by atoms with van der Waals surface area (Å²) >= 11 is 13.2. The highest BCUT2D eigenvalue weighted by atomic mass is 35.5. The van der Waals surface area contributed by atoms with Crippen molar-refractivity contribution in [2.45, 2.75) is 19.9 Å². The molecule has 0 atom stereocenters. The van der Waals surface area contributed by atoms with Crippen LogP contribution in [-0.4, -0.2) is 16.1 Å². The quantitative estimate of drug-likeness (QED) is 0.793. The summed E-state index contributed by atoms with van der Waals surface area (Å²) in [6, 6.07) is 1.74. The number of rotatable bonds is 4. The van der Waals surface area contributed by atoms with Gasteiger partial charge in [-0.2, -0.15) is 5.10 Å². The van der Waals surface area contributed by atoms with Crippen molar-refractivity contribution in [2.75, 3.05) is 0 Å². The van der Waals surface area contributed by atoms with E-state index in [2.05, 4.69) is 12.0 Å². The lowest BCUT2D eigenvalue weighted by Gasteiger charge is -1.96. The molecule has 3 nitrogen and oxygen atoms in total. The zero-order valence-corrected chi connectivity index (χ0v) is 11.4. The van der Waals surface area contributed by atoms with Crippen LogP contribution in [0.1, 0.15) is 23.7 Å². The lowest BCUT2D eigenvalue weighted by atomic mass is 10.2. The molecule has 0 saturated carbocycles. The van der Waals surface area contributed by atoms with E-state index < -0.39 is 0 Å². The van der Waals surface area contributed by atoms with Crippen LogP contribution < -0.4 is 0 Å². The van der Waals surface area contributed by atoms with Crippen LogP contribution in [0.15, 0.2) is 12.3 Å². The molecule has 17 heavy (non-hydrogen) atoms. The smallest absolute Gasteiger partial charge is 0.153 e. The van der Waals surface area contributed by atoms with Crippen molar-refractivity contribution in [3.8, 4) is 11.3 Å². The highest BCUT2D eigenvalue weighted by Crippen LogP contribution is 2.38. The van der Waals surface area contributed by atoms with Crippen LogP contribution in [0.5, 0.6) is 0 Å². The number of carbonyl (C=O) groups is 1. The Morgan fingerprint density at radius 2 is 2.29 bits per heavy atom. The highest BCUT2D eigenvalue weighted by Gasteiger charge is 2.16. The molecule has 0 aliphatic heterocycles. The topological polar surface area (TPSA) is 34.9 Å². The van der Waals surface area contributed by atoms with Crippen LogP contribution in [0.3, 0.4) is 0 Å². The van der Waals surface area contributed by atoms with Crippen LogP contribution in [0, 0.1) is 0 Å². The van der Waals surface area contributed by atoms with Gasteiger partial charge in [-0.15, -0.1) is 11.3 Å². The van der Waals surface area contributed by atoms with Crippen molar-refractivity contribution in [3.63, 3.8) is 0 Å². The SMILES string of the molecule is CCCn1cc(C=O)c(-c2cc(Cl)sc2Cl)n1. The van der Waals surface area contributed by atoms with Crippen molar-refractivity contribution in [2.24, 2.45) is 0 Å². The van der Waals surface area contributed by atoms with E-state index in [0.717, 1.165) is 24.8 Å². The maximum absolute atomic E-state index is 11.0. The fraction of sp³-hybridized carbons (Fsp3) is 0.273. The fourth-order valence-electron chi connectivity index (χ4n) is 1.58. The molecular formula is C11H10Cl2N2OS. The van der Waals surface area contributed by atoms with Gasteiger partial charge in [-0.1, -0.05) is 30.1 Å². The zero-order chi connectivity index (χ0) is 12.4. The molecule has 0 saturated heterocycles. The van der Waals surface area contributed by atoms with Gasteiger partial charge in [-0.25, -0.2) is 0 Å². The molecule has 2 rings (SSSR count). The van der Waals surface area contributed by atoms with Crippen LogP contribution in [0.2, 0.25) is 8.67 Å². The maximum Gasteiger partial charge on any atom is 0.153 e. The normalized spacial score (nSPS) is 10.8. The van der Waals surface area contributed by atoms with Crippen molar-refractivity contribution >= 4 is 40.8 Å². The monoisotopic (exact) mass is 288 g/mol. The number of thiophene rings is 1. The highest BCUT2D eigenvalue weighted by molar-refractivity contribution is 7.20. The second kappa shape index (κ2) is 5.21. The molecule has 0 bridgehead atoms. The van der Waals surface area contributed by atoms with Gasteiger partial charge in [-0.3, -0.25) is 9.48 Å². The number of aromatic nitrogens is 2. The average molecular weight is 289 g/mol. The van der Waals surface area contributed by atoms with Crippen LogP contribution in [-0.2, 0) is 6.54 Å². The standard InChI is InChI=1S/C11H10Cl2N2OS/c1-2-3-15-5-7(6-16)10(14-15)8-4-9(12)17-11(8)13/h4-6H,2-3H2,1H3. The first kappa shape index (κ1) is 12.6. The van der Waals surface area contributed by atoms with Crippen LogP contribution in [0.25, 0.3) is 11.3 Å². The summed E-state index contributed by atoms with van der Waals surface area (Å²) in [5.41, 5.74) is 1.86. The Labute approximate surface area is 113 Å². The molecule has 2 aromatic heterocycles. The molecule has 0 fully saturated rings. The summed E-state index contributed by atoms with van der Waals surface area (Å²) in [5.74, 6) is 0. The fourth-order valence-corrected chi connectivity index (χ4v) is 3.04. The third-order valence-corrected chi connectivity index (χ3v) is 3.77. The van der Waals surface area contributed by atoms with E-state index in [4.69, 9.17) is 23.2 Å². The van der Waals surface area contributed by atoms with Gasteiger partial charge in [0.1, 0.15) is 10.0 Å². The molecule has 0 unspecified atom stereocenters. The molecule has 0 N–H and O–H groups in total. The Morgan fingerprint density at radius 1 is 1.53 bits per heavy atom. The Balaban J connectivity index is 2.50. The van der Waals surface area contributed by atoms with E-state index in [1.165, 1.54) is 11.3 Å². The first-order valence-corrected chi connectivity index (χ1v) is 6.70. The number of hydrogen-bond donors (Lipinski definition) is 0. The van der Waals surface area contributed by atoms with Gasteiger partial charge in [0.15, 0.2) is 6.29 Å². The van der Waals surface area contributed by atoms with E-state index in [0.29, 0.717) is 19.9 Å². The van der Waals surface area contributed by atoms with Crippen molar-refractivity contribution < 1.29 is 4.79 Å². The molecule has 0 amide bonds. The van der Waals surface area contributed by atoms with Gasteiger partial charge >= 0.3 is 0 Å². The Bertz CT molecular complexity index is 548. The lowest BCUT2D eigenvalue weighted by molar-refractivity contribution is 0.112. The number of carbonyl (C=O) groups excluding carboxylic acids is 1. The molecule has 2 heterocycles. The van der Waals surface area contributed by atoms with E-state index >= 15 is 0 Å². The molecule has 0 aliphatic rings. The molecule has 6 heteroatoms. The van der Waals surface area contributed by atoms with Gasteiger partial charge in [0, 0.05) is 18.3 Å². The predicted molar refractivity (Wildman–Crippen MR) is 71.2 cm³/mol. The van der Waals surface area contributed by atoms with Gasteiger partial charge < -0.3 is 0 Å². The molecule has 0 spiro atoms. The molecule has 0 aromatic carbocycles. The summed E-state index contributed by atoms with van der Waals surface area (Å²) < 4.78 is 2.90. The third-order valence-electron chi connectivity index (χ3n) is 2.28. The summed E-state index contributed by atoms with van der Waals surface area (Å²) in [6.07, 6.45) is 3.47. The number of aldehydes is 1. The maximum atomic E-state index is 11.0. The molecular weight excluding hydrogens is 279 g/mol. The third kappa shape index (κ3) is 2.54. The van der Waals surface area contributed by atoms with Crippen molar-refractivity contribution in [3.05, 3.63) is 26.5 Å². The second-order valence-corrected chi connectivity index (χ2v) is 5.84. The van der Waals surface area contributed by atoms with E-state index in [9.17, 15) is 4.79 Å². The van der Waals surface area contributed by atoms with Gasteiger partial charge in [0.05, 0.1) is 9.90 Å². The van der Waals surface area contributed by atoms with E-state index in [1.54, 1.807) is 16.9 Å². The van der Waals surface area contributed by atoms with Crippen molar-refractivity contribution in [1.82, 2.24) is 9.78 Å². The van der Waals surface area contributed by atoms with Crippen molar-refractivity contribution in [1.29, 1.82) is 0 Å². The molecule has 0 aliphatic carbocycles.